The molecular weight excluding hydrogens is 867 g/mol. The number of aromatic amines is 1. The molecule has 0 aliphatic rings. The minimum absolute atomic E-state index is 0.0455. The largest absolute Gasteiger partial charge is 0.495 e. The highest BCUT2D eigenvalue weighted by molar-refractivity contribution is 7.91. The van der Waals surface area contributed by atoms with Crippen molar-refractivity contribution >= 4 is 26.9 Å². The van der Waals surface area contributed by atoms with Crippen LogP contribution in [0.1, 0.15) is 65.6 Å². The number of rotatable bonds is 16. The number of sulfone groups is 1. The van der Waals surface area contributed by atoms with Crippen molar-refractivity contribution in [2.75, 3.05) is 19.3 Å². The first-order chi connectivity index (χ1) is 33.0. The Bertz CT molecular complexity index is 3200. The number of benzene rings is 7. The molecular formula is C57H53N5O5S. The normalized spacial score (nSPS) is 13.0. The van der Waals surface area contributed by atoms with E-state index in [9.17, 15) is 13.2 Å². The van der Waals surface area contributed by atoms with Crippen LogP contribution in [-0.2, 0) is 31.2 Å². The summed E-state index contributed by atoms with van der Waals surface area (Å²) in [7, 11) is -0.930. The number of ether oxygens (including phenoxy) is 1. The number of fused-ring (bicyclic) bond motifs is 1. The first-order valence-corrected chi connectivity index (χ1v) is 24.1. The number of nitrogens with zero attached hydrogens (tertiary/aromatic N) is 4. The number of nitrogens with one attached hydrogen (secondary N) is 1. The molecule has 1 atom stereocenters. The van der Waals surface area contributed by atoms with E-state index in [1.165, 1.54) is 7.11 Å². The van der Waals surface area contributed by atoms with Crippen molar-refractivity contribution in [1.82, 2.24) is 19.5 Å². The maximum Gasteiger partial charge on any atom is 0.280 e. The van der Waals surface area contributed by atoms with E-state index in [4.69, 9.17) is 19.5 Å². The topological polar surface area (TPSA) is 119 Å². The van der Waals surface area contributed by atoms with Crippen molar-refractivity contribution in [2.24, 2.45) is 0 Å². The molecule has 9 rings (SSSR count). The van der Waals surface area contributed by atoms with E-state index < -0.39 is 31.9 Å². The van der Waals surface area contributed by atoms with Gasteiger partial charge in [-0.05, 0) is 77.9 Å². The molecule has 0 fully saturated rings. The Balaban J connectivity index is 1.35. The van der Waals surface area contributed by atoms with Crippen LogP contribution in [-0.4, -0.2) is 42.2 Å². The first kappa shape index (κ1) is 45.6. The molecule has 0 aliphatic heterocycles. The van der Waals surface area contributed by atoms with Gasteiger partial charge in [0.15, 0.2) is 11.2 Å². The lowest BCUT2D eigenvalue weighted by molar-refractivity contribution is 0.118. The summed E-state index contributed by atoms with van der Waals surface area (Å²) in [5.41, 5.74) is 2.90. The summed E-state index contributed by atoms with van der Waals surface area (Å²) in [5, 5.41) is 1.68. The van der Waals surface area contributed by atoms with Crippen LogP contribution in [0.2, 0.25) is 0 Å². The molecule has 0 aliphatic carbocycles. The fourth-order valence-corrected chi connectivity index (χ4v) is 11.8. The number of hydrogen-bond acceptors (Lipinski definition) is 8. The van der Waals surface area contributed by atoms with E-state index in [2.05, 4.69) is 43.1 Å². The van der Waals surface area contributed by atoms with Gasteiger partial charge >= 0.3 is 0 Å². The summed E-state index contributed by atoms with van der Waals surface area (Å²) in [6.45, 7) is 6.21. The molecule has 0 saturated carbocycles. The van der Waals surface area contributed by atoms with E-state index in [0.717, 1.165) is 38.9 Å². The molecule has 0 saturated heterocycles. The number of aryl methyl sites for hydroxylation is 1. The third-order valence-electron chi connectivity index (χ3n) is 13.4. The minimum atomic E-state index is -4.01. The van der Waals surface area contributed by atoms with Crippen molar-refractivity contribution in [3.63, 3.8) is 0 Å². The Hall–Kier alpha value is -7.60. The van der Waals surface area contributed by atoms with Crippen molar-refractivity contribution in [2.45, 2.75) is 59.9 Å². The van der Waals surface area contributed by atoms with Crippen LogP contribution in [0.5, 0.6) is 5.75 Å². The van der Waals surface area contributed by atoms with E-state index in [1.807, 2.05) is 151 Å². The SMILES string of the molecule is CCCC(C)(n1cnc2c(=O)[nH]c(N(OC)C(c3ccccc3)(c3ccccc3)c3ccccc3)nc21)C(c1ccccc1)(c1ccccc1)c1ccc(S(=O)(=O)c2ccc(C)cc2)c(OC)c1. The predicted molar refractivity (Wildman–Crippen MR) is 268 cm³/mol. The van der Waals surface area contributed by atoms with Gasteiger partial charge < -0.3 is 9.30 Å². The van der Waals surface area contributed by atoms with Gasteiger partial charge in [0.1, 0.15) is 16.2 Å². The summed E-state index contributed by atoms with van der Waals surface area (Å²) in [6, 6.07) is 62.7. The molecule has 2 heterocycles. The number of anilines is 1. The van der Waals surface area contributed by atoms with Crippen molar-refractivity contribution in [3.05, 3.63) is 250 Å². The van der Waals surface area contributed by atoms with Crippen LogP contribution in [0, 0.1) is 6.92 Å². The smallest absolute Gasteiger partial charge is 0.280 e. The number of aromatic nitrogens is 4. The Labute approximate surface area is 397 Å². The zero-order chi connectivity index (χ0) is 47.5. The number of hydrogen-bond donors (Lipinski definition) is 1. The Kier molecular flexibility index (Phi) is 12.5. The third-order valence-corrected chi connectivity index (χ3v) is 15.2. The van der Waals surface area contributed by atoms with Gasteiger partial charge in [0.05, 0.1) is 36.4 Å². The second kappa shape index (κ2) is 18.6. The molecule has 0 bridgehead atoms. The number of H-pyrrole nitrogens is 1. The van der Waals surface area contributed by atoms with Crippen LogP contribution in [0.4, 0.5) is 5.95 Å². The van der Waals surface area contributed by atoms with E-state index >= 15 is 0 Å². The summed E-state index contributed by atoms with van der Waals surface area (Å²) >= 11 is 0. The van der Waals surface area contributed by atoms with Gasteiger partial charge in [0.25, 0.3) is 5.56 Å². The summed E-state index contributed by atoms with van der Waals surface area (Å²) in [5.74, 6) is 0.347. The van der Waals surface area contributed by atoms with Gasteiger partial charge in [0, 0.05) is 0 Å². The van der Waals surface area contributed by atoms with Gasteiger partial charge in [-0.15, -0.1) is 0 Å². The molecule has 1 unspecified atom stereocenters. The minimum Gasteiger partial charge on any atom is -0.495 e. The molecule has 342 valence electrons. The number of imidazole rings is 1. The lowest BCUT2D eigenvalue weighted by Crippen LogP contribution is -2.53. The Morgan fingerprint density at radius 1 is 0.647 bits per heavy atom. The molecule has 9 aromatic rings. The molecule has 0 spiro atoms. The van der Waals surface area contributed by atoms with Gasteiger partial charge in [-0.1, -0.05) is 189 Å². The van der Waals surface area contributed by atoms with Gasteiger partial charge in [-0.2, -0.15) is 4.98 Å². The van der Waals surface area contributed by atoms with Crippen LogP contribution >= 0.6 is 0 Å². The zero-order valence-electron chi connectivity index (χ0n) is 38.7. The highest BCUT2D eigenvalue weighted by Gasteiger charge is 2.54. The highest BCUT2D eigenvalue weighted by Crippen LogP contribution is 2.55. The maximum atomic E-state index is 14.7. The monoisotopic (exact) mass is 919 g/mol. The lowest BCUT2D eigenvalue weighted by Gasteiger charge is -2.51. The lowest BCUT2D eigenvalue weighted by atomic mass is 9.57. The summed E-state index contributed by atoms with van der Waals surface area (Å²) in [4.78, 5) is 34.8. The Morgan fingerprint density at radius 3 is 1.59 bits per heavy atom. The van der Waals surface area contributed by atoms with Crippen molar-refractivity contribution in [3.8, 4) is 5.75 Å². The van der Waals surface area contributed by atoms with Crippen LogP contribution in [0.25, 0.3) is 11.2 Å². The fraction of sp³-hybridized carbons (Fsp3) is 0.175. The van der Waals surface area contributed by atoms with Gasteiger partial charge in [-0.3, -0.25) is 14.6 Å². The van der Waals surface area contributed by atoms with Crippen LogP contribution in [0.3, 0.4) is 0 Å². The molecule has 2 aromatic heterocycles. The van der Waals surface area contributed by atoms with Crippen molar-refractivity contribution in [1.29, 1.82) is 0 Å². The van der Waals surface area contributed by atoms with Crippen molar-refractivity contribution < 1.29 is 18.0 Å². The quantitative estimate of drug-likeness (QED) is 0.0752. The summed E-state index contributed by atoms with van der Waals surface area (Å²) < 4.78 is 36.9. The highest BCUT2D eigenvalue weighted by atomic mass is 32.2. The third kappa shape index (κ3) is 7.39. The van der Waals surface area contributed by atoms with E-state index in [0.29, 0.717) is 18.5 Å². The molecule has 7 aromatic carbocycles. The standard InChI is InChI=1S/C57H53N5O5S/c1-6-38-55(3,56(42-22-12-7-13-23-42,43-24-14-8-15-25-43)47-34-37-50(49(39-47)66-4)68(64,65)48-35-32-41(2)33-36-48)61-40-58-51-52(61)59-54(60-53(51)63)62(67-5)57(44-26-16-9-17-27-44,45-28-18-10-19-29-45)46-30-20-11-21-31-46/h7-37,39-40H,6,38H2,1-5H3,(H,59,60,63). The average molecular weight is 920 g/mol. The number of methoxy groups -OCH3 is 1. The molecule has 10 nitrogen and oxygen atoms in total. The Morgan fingerprint density at radius 2 is 1.13 bits per heavy atom. The second-order valence-electron chi connectivity index (χ2n) is 17.1. The van der Waals surface area contributed by atoms with E-state index in [-0.39, 0.29) is 27.0 Å². The fourth-order valence-electron chi connectivity index (χ4n) is 10.4. The van der Waals surface area contributed by atoms with Gasteiger partial charge in [-0.25, -0.2) is 18.5 Å². The second-order valence-corrected chi connectivity index (χ2v) is 19.1. The van der Waals surface area contributed by atoms with Gasteiger partial charge in [0.2, 0.25) is 15.8 Å². The average Bonchev–Trinajstić information content (AvgIpc) is 3.83. The van der Waals surface area contributed by atoms with E-state index in [1.54, 1.807) is 48.8 Å². The molecule has 11 heteroatoms. The van der Waals surface area contributed by atoms with Crippen LogP contribution < -0.4 is 15.4 Å². The van der Waals surface area contributed by atoms with Crippen LogP contribution in [0.15, 0.2) is 215 Å². The maximum absolute atomic E-state index is 14.7. The summed E-state index contributed by atoms with van der Waals surface area (Å²) in [6.07, 6.45) is 2.96. The molecule has 0 radical (unpaired) electrons. The zero-order valence-corrected chi connectivity index (χ0v) is 39.5. The molecule has 1 N–H and O–H groups in total. The molecule has 0 amide bonds. The number of hydroxylamine groups is 1. The first-order valence-electron chi connectivity index (χ1n) is 22.7. The predicted octanol–water partition coefficient (Wildman–Crippen LogP) is 11.2. The molecule has 68 heavy (non-hydrogen) atoms.